The van der Waals surface area contributed by atoms with Crippen molar-refractivity contribution < 1.29 is 19.4 Å². The van der Waals surface area contributed by atoms with E-state index in [1.54, 1.807) is 26.8 Å². The van der Waals surface area contributed by atoms with Crippen LogP contribution < -0.4 is 5.56 Å². The van der Waals surface area contributed by atoms with Crippen molar-refractivity contribution in [2.24, 2.45) is 5.92 Å². The van der Waals surface area contributed by atoms with E-state index in [0.717, 1.165) is 0 Å². The van der Waals surface area contributed by atoms with Crippen molar-refractivity contribution in [2.45, 2.75) is 26.8 Å². The van der Waals surface area contributed by atoms with Gasteiger partial charge in [-0.2, -0.15) is 5.10 Å². The Kier molecular flexibility index (Phi) is 4.45. The summed E-state index contributed by atoms with van der Waals surface area (Å²) in [5.74, 6) is -1.91. The number of carbonyl (C=O) groups excluding carboxylic acids is 1. The monoisotopic (exact) mass is 358 g/mol. The first-order valence-electron chi connectivity index (χ1n) is 8.14. The molecule has 136 valence electrons. The number of rotatable bonds is 5. The molecule has 9 nitrogen and oxygen atoms in total. The highest BCUT2D eigenvalue weighted by atomic mass is 16.5. The Balaban J connectivity index is 2.23. The summed E-state index contributed by atoms with van der Waals surface area (Å²) >= 11 is 0. The number of aromatic nitrogens is 4. The van der Waals surface area contributed by atoms with E-state index in [0.29, 0.717) is 5.52 Å². The standard InChI is InChI=1S/C17H18N4O5/c1-4-26-17(25)11-8-19-21-12-5-6-20(13(9(2)3)16(23)24)15(22)10(12)7-18-14(11)21/h5-9,13H,4H2,1-3H3,(H,23,24). The minimum Gasteiger partial charge on any atom is -0.480 e. The normalized spacial score (nSPS) is 12.6. The smallest absolute Gasteiger partial charge is 0.343 e. The molecule has 0 fully saturated rings. The second kappa shape index (κ2) is 6.58. The molecule has 0 aromatic carbocycles. The predicted octanol–water partition coefficient (Wildman–Crippen LogP) is 1.50. The minimum absolute atomic E-state index is 0.198. The number of esters is 1. The average molecular weight is 358 g/mol. The van der Waals surface area contributed by atoms with Crippen LogP contribution in [-0.2, 0) is 9.53 Å². The van der Waals surface area contributed by atoms with E-state index >= 15 is 0 Å². The Morgan fingerprint density at radius 2 is 2.04 bits per heavy atom. The summed E-state index contributed by atoms with van der Waals surface area (Å²) in [6, 6.07) is 0.599. The third-order valence-corrected chi connectivity index (χ3v) is 4.10. The predicted molar refractivity (Wildman–Crippen MR) is 92.2 cm³/mol. The number of carbonyl (C=O) groups is 2. The van der Waals surface area contributed by atoms with E-state index in [9.17, 15) is 19.5 Å². The Bertz CT molecular complexity index is 1070. The Morgan fingerprint density at radius 1 is 1.31 bits per heavy atom. The number of pyridine rings is 1. The molecular weight excluding hydrogens is 340 g/mol. The van der Waals surface area contributed by atoms with E-state index in [4.69, 9.17) is 4.74 Å². The van der Waals surface area contributed by atoms with E-state index in [1.807, 2.05) is 0 Å². The molecule has 1 atom stereocenters. The highest BCUT2D eigenvalue weighted by Gasteiger charge is 2.25. The molecule has 0 aliphatic carbocycles. The fourth-order valence-corrected chi connectivity index (χ4v) is 2.93. The van der Waals surface area contributed by atoms with Crippen molar-refractivity contribution in [3.05, 3.63) is 40.6 Å². The lowest BCUT2D eigenvalue weighted by molar-refractivity contribution is -0.142. The van der Waals surface area contributed by atoms with Crippen LogP contribution in [0.2, 0.25) is 0 Å². The van der Waals surface area contributed by atoms with E-state index in [-0.39, 0.29) is 29.1 Å². The molecule has 0 radical (unpaired) electrons. The Morgan fingerprint density at radius 3 is 2.65 bits per heavy atom. The van der Waals surface area contributed by atoms with E-state index in [1.165, 1.54) is 27.7 Å². The summed E-state index contributed by atoms with van der Waals surface area (Å²) in [5, 5.41) is 13.8. The van der Waals surface area contributed by atoms with Gasteiger partial charge in [0, 0.05) is 12.4 Å². The number of nitrogens with zero attached hydrogens (tertiary/aromatic N) is 4. The zero-order valence-electron chi connectivity index (χ0n) is 14.5. The number of carboxylic acids is 1. The van der Waals surface area contributed by atoms with Gasteiger partial charge in [0.2, 0.25) is 0 Å². The van der Waals surface area contributed by atoms with Gasteiger partial charge in [-0.15, -0.1) is 0 Å². The Labute approximate surface area is 147 Å². The Hall–Kier alpha value is -3.23. The van der Waals surface area contributed by atoms with Gasteiger partial charge >= 0.3 is 11.9 Å². The average Bonchev–Trinajstić information content (AvgIpc) is 3.01. The van der Waals surface area contributed by atoms with Crippen LogP contribution in [0.15, 0.2) is 29.5 Å². The van der Waals surface area contributed by atoms with Crippen LogP contribution in [0.3, 0.4) is 0 Å². The fraction of sp³-hybridized carbons (Fsp3) is 0.353. The van der Waals surface area contributed by atoms with Gasteiger partial charge in [-0.25, -0.2) is 19.1 Å². The lowest BCUT2D eigenvalue weighted by Gasteiger charge is -2.19. The number of hydrogen-bond acceptors (Lipinski definition) is 6. The maximum atomic E-state index is 12.8. The van der Waals surface area contributed by atoms with Gasteiger partial charge in [-0.3, -0.25) is 4.79 Å². The van der Waals surface area contributed by atoms with Crippen LogP contribution >= 0.6 is 0 Å². The summed E-state index contributed by atoms with van der Waals surface area (Å²) in [6.45, 7) is 5.38. The number of aliphatic carboxylic acids is 1. The number of fused-ring (bicyclic) bond motifs is 3. The van der Waals surface area contributed by atoms with Gasteiger partial charge in [0.25, 0.3) is 5.56 Å². The zero-order chi connectivity index (χ0) is 19.0. The summed E-state index contributed by atoms with van der Waals surface area (Å²) in [7, 11) is 0. The molecule has 0 aliphatic rings. The molecule has 0 bridgehead atoms. The molecule has 0 saturated carbocycles. The van der Waals surface area contributed by atoms with Crippen LogP contribution in [0.25, 0.3) is 16.6 Å². The van der Waals surface area contributed by atoms with Gasteiger partial charge in [-0.1, -0.05) is 13.8 Å². The molecule has 9 heteroatoms. The molecule has 26 heavy (non-hydrogen) atoms. The molecule has 3 heterocycles. The van der Waals surface area contributed by atoms with Crippen molar-refractivity contribution in [3.8, 4) is 0 Å². The highest BCUT2D eigenvalue weighted by molar-refractivity contribution is 5.97. The van der Waals surface area contributed by atoms with Crippen LogP contribution in [0.5, 0.6) is 0 Å². The van der Waals surface area contributed by atoms with Crippen molar-refractivity contribution in [1.29, 1.82) is 0 Å². The van der Waals surface area contributed by atoms with Crippen LogP contribution in [0.1, 0.15) is 37.2 Å². The molecule has 0 amide bonds. The first-order chi connectivity index (χ1) is 12.4. The van der Waals surface area contributed by atoms with Gasteiger partial charge in [0.05, 0.1) is 23.7 Å². The van der Waals surface area contributed by atoms with Gasteiger partial charge in [0.15, 0.2) is 5.65 Å². The van der Waals surface area contributed by atoms with Crippen LogP contribution in [0, 0.1) is 5.92 Å². The second-order valence-electron chi connectivity index (χ2n) is 6.13. The molecule has 0 spiro atoms. The zero-order valence-corrected chi connectivity index (χ0v) is 14.5. The van der Waals surface area contributed by atoms with Crippen molar-refractivity contribution in [1.82, 2.24) is 19.2 Å². The molecule has 0 aliphatic heterocycles. The minimum atomic E-state index is -1.08. The maximum absolute atomic E-state index is 12.8. The van der Waals surface area contributed by atoms with Crippen LogP contribution in [0.4, 0.5) is 0 Å². The number of ether oxygens (including phenoxy) is 1. The first-order valence-corrected chi connectivity index (χ1v) is 8.14. The lowest BCUT2D eigenvalue weighted by atomic mass is 10.0. The molecule has 0 saturated heterocycles. The summed E-state index contributed by atoms with van der Waals surface area (Å²) in [5.41, 5.74) is 0.418. The highest BCUT2D eigenvalue weighted by Crippen LogP contribution is 2.19. The molecule has 1 unspecified atom stereocenters. The van der Waals surface area contributed by atoms with Crippen molar-refractivity contribution >= 4 is 28.5 Å². The molecule has 1 N–H and O–H groups in total. The fourth-order valence-electron chi connectivity index (χ4n) is 2.93. The SMILES string of the molecule is CCOC(=O)c1cnn2c1ncc1c(=O)n(C(C(=O)O)C(C)C)ccc12. The lowest BCUT2D eigenvalue weighted by Crippen LogP contribution is -2.33. The van der Waals surface area contributed by atoms with Gasteiger partial charge < -0.3 is 14.4 Å². The molecule has 3 rings (SSSR count). The van der Waals surface area contributed by atoms with Crippen molar-refractivity contribution in [3.63, 3.8) is 0 Å². The number of carboxylic acid groups (broad SMARTS) is 1. The summed E-state index contributed by atoms with van der Waals surface area (Å²) in [4.78, 5) is 40.5. The van der Waals surface area contributed by atoms with Gasteiger partial charge in [0.1, 0.15) is 11.6 Å². The quantitative estimate of drug-likeness (QED) is 0.687. The van der Waals surface area contributed by atoms with Gasteiger partial charge in [-0.05, 0) is 18.9 Å². The molecule has 3 aromatic heterocycles. The van der Waals surface area contributed by atoms with E-state index < -0.39 is 23.5 Å². The first kappa shape index (κ1) is 17.6. The maximum Gasteiger partial charge on any atom is 0.343 e. The third kappa shape index (κ3) is 2.71. The topological polar surface area (TPSA) is 116 Å². The second-order valence-corrected chi connectivity index (χ2v) is 6.13. The third-order valence-electron chi connectivity index (χ3n) is 4.10. The summed E-state index contributed by atoms with van der Waals surface area (Å²) in [6.07, 6.45) is 4.08. The van der Waals surface area contributed by atoms with Crippen molar-refractivity contribution in [2.75, 3.05) is 6.61 Å². The molecular formula is C17H18N4O5. The van der Waals surface area contributed by atoms with E-state index in [2.05, 4.69) is 10.1 Å². The van der Waals surface area contributed by atoms with Crippen LogP contribution in [-0.4, -0.2) is 42.8 Å². The molecule has 3 aromatic rings. The number of hydrogen-bond donors (Lipinski definition) is 1. The largest absolute Gasteiger partial charge is 0.480 e. The summed E-state index contributed by atoms with van der Waals surface area (Å²) < 4.78 is 7.52.